The molecule has 0 bridgehead atoms. The zero-order valence-electron chi connectivity index (χ0n) is 15.8. The molecule has 0 atom stereocenters. The highest BCUT2D eigenvalue weighted by Gasteiger charge is 2.27. The van der Waals surface area contributed by atoms with E-state index in [9.17, 15) is 9.59 Å². The second-order valence-corrected chi connectivity index (χ2v) is 8.10. The van der Waals surface area contributed by atoms with Crippen molar-refractivity contribution >= 4 is 29.3 Å². The molecule has 1 aromatic heterocycles. The molecule has 2 aromatic rings. The highest BCUT2D eigenvalue weighted by Crippen LogP contribution is 2.27. The number of carbonyl (C=O) groups excluding carboxylic acids is 2. The molecule has 0 spiro atoms. The fraction of sp³-hybridized carbons (Fsp3) is 0.381. The molecule has 146 valence electrons. The molecule has 2 amide bonds. The minimum atomic E-state index is 0.151. The SMILES string of the molecule is O=C(CSc1ccncc1)N1CCN(CC(=O)N2CCc3ccccc32)CC1. The molecular weight excluding hydrogens is 372 g/mol. The van der Waals surface area contributed by atoms with Crippen LogP contribution in [0.3, 0.4) is 0 Å². The Bertz CT molecular complexity index is 837. The number of anilines is 1. The van der Waals surface area contributed by atoms with E-state index in [1.807, 2.05) is 40.1 Å². The van der Waals surface area contributed by atoms with E-state index in [0.29, 0.717) is 25.4 Å². The van der Waals surface area contributed by atoms with Crippen molar-refractivity contribution in [1.29, 1.82) is 0 Å². The first kappa shape index (κ1) is 19.0. The molecule has 0 aliphatic carbocycles. The average molecular weight is 397 g/mol. The molecule has 28 heavy (non-hydrogen) atoms. The summed E-state index contributed by atoms with van der Waals surface area (Å²) in [5.74, 6) is 0.743. The van der Waals surface area contributed by atoms with Crippen LogP contribution < -0.4 is 4.90 Å². The van der Waals surface area contributed by atoms with Crippen LogP contribution in [0, 0.1) is 0 Å². The van der Waals surface area contributed by atoms with Gasteiger partial charge in [-0.05, 0) is 30.2 Å². The van der Waals surface area contributed by atoms with Gasteiger partial charge in [0.05, 0.1) is 12.3 Å². The van der Waals surface area contributed by atoms with E-state index >= 15 is 0 Å². The Morgan fingerprint density at radius 2 is 1.68 bits per heavy atom. The van der Waals surface area contributed by atoms with Gasteiger partial charge in [-0.3, -0.25) is 19.5 Å². The number of pyridine rings is 1. The first-order chi connectivity index (χ1) is 13.7. The fourth-order valence-corrected chi connectivity index (χ4v) is 4.49. The quantitative estimate of drug-likeness (QED) is 0.723. The van der Waals surface area contributed by atoms with Crippen LogP contribution in [0.25, 0.3) is 0 Å². The van der Waals surface area contributed by atoms with Gasteiger partial charge < -0.3 is 9.80 Å². The van der Waals surface area contributed by atoms with E-state index in [-0.39, 0.29) is 11.8 Å². The Morgan fingerprint density at radius 3 is 2.46 bits per heavy atom. The Kier molecular flexibility index (Phi) is 5.92. The Labute approximate surface area is 169 Å². The number of thioether (sulfide) groups is 1. The lowest BCUT2D eigenvalue weighted by Gasteiger charge is -2.35. The molecule has 0 saturated carbocycles. The highest BCUT2D eigenvalue weighted by atomic mass is 32.2. The lowest BCUT2D eigenvalue weighted by Crippen LogP contribution is -2.51. The lowest BCUT2D eigenvalue weighted by atomic mass is 10.2. The van der Waals surface area contributed by atoms with Gasteiger partial charge in [0.2, 0.25) is 11.8 Å². The number of hydrogen-bond acceptors (Lipinski definition) is 5. The number of aromatic nitrogens is 1. The maximum atomic E-state index is 12.7. The van der Waals surface area contributed by atoms with E-state index in [4.69, 9.17) is 0 Å². The molecule has 3 heterocycles. The summed E-state index contributed by atoms with van der Waals surface area (Å²) >= 11 is 1.54. The maximum absolute atomic E-state index is 12.7. The van der Waals surface area contributed by atoms with Gasteiger partial charge in [0, 0.05) is 55.7 Å². The molecule has 1 aromatic carbocycles. The van der Waals surface area contributed by atoms with Crippen molar-refractivity contribution in [3.63, 3.8) is 0 Å². The van der Waals surface area contributed by atoms with Crippen LogP contribution in [0.1, 0.15) is 5.56 Å². The third-order valence-corrected chi connectivity index (χ3v) is 6.28. The predicted octanol–water partition coefficient (Wildman–Crippen LogP) is 1.91. The topological polar surface area (TPSA) is 56.8 Å². The average Bonchev–Trinajstić information content (AvgIpc) is 3.18. The summed E-state index contributed by atoms with van der Waals surface area (Å²) < 4.78 is 0. The van der Waals surface area contributed by atoms with Gasteiger partial charge in [-0.1, -0.05) is 18.2 Å². The van der Waals surface area contributed by atoms with Crippen molar-refractivity contribution in [1.82, 2.24) is 14.8 Å². The number of fused-ring (bicyclic) bond motifs is 1. The molecule has 0 radical (unpaired) electrons. The van der Waals surface area contributed by atoms with Crippen molar-refractivity contribution in [2.24, 2.45) is 0 Å². The maximum Gasteiger partial charge on any atom is 0.241 e. The molecule has 0 unspecified atom stereocenters. The van der Waals surface area contributed by atoms with E-state index < -0.39 is 0 Å². The number of hydrogen-bond donors (Lipinski definition) is 0. The van der Waals surface area contributed by atoms with Gasteiger partial charge in [-0.25, -0.2) is 0 Å². The second kappa shape index (κ2) is 8.75. The summed E-state index contributed by atoms with van der Waals surface area (Å²) in [6.07, 6.45) is 4.40. The van der Waals surface area contributed by atoms with Gasteiger partial charge >= 0.3 is 0 Å². The van der Waals surface area contributed by atoms with Crippen LogP contribution in [0.4, 0.5) is 5.69 Å². The van der Waals surface area contributed by atoms with Gasteiger partial charge in [-0.15, -0.1) is 11.8 Å². The number of rotatable bonds is 5. The second-order valence-electron chi connectivity index (χ2n) is 7.05. The van der Waals surface area contributed by atoms with Crippen LogP contribution >= 0.6 is 11.8 Å². The summed E-state index contributed by atoms with van der Waals surface area (Å²) in [5, 5.41) is 0. The van der Waals surface area contributed by atoms with Crippen LogP contribution in [-0.4, -0.2) is 71.6 Å². The molecule has 2 aliphatic rings. The number of carbonyl (C=O) groups is 2. The van der Waals surface area contributed by atoms with Crippen molar-refractivity contribution in [2.75, 3.05) is 49.9 Å². The monoisotopic (exact) mass is 396 g/mol. The van der Waals surface area contributed by atoms with Gasteiger partial charge in [0.25, 0.3) is 0 Å². The minimum absolute atomic E-state index is 0.151. The van der Waals surface area contributed by atoms with Crippen LogP contribution in [-0.2, 0) is 16.0 Å². The molecule has 7 heteroatoms. The summed E-state index contributed by atoms with van der Waals surface area (Å²) in [4.78, 5) is 36.2. The number of nitrogens with zero attached hydrogens (tertiary/aromatic N) is 4. The first-order valence-electron chi connectivity index (χ1n) is 9.62. The fourth-order valence-electron chi connectivity index (χ4n) is 3.70. The summed E-state index contributed by atoms with van der Waals surface area (Å²) in [7, 11) is 0. The number of benzene rings is 1. The van der Waals surface area contributed by atoms with Crippen LogP contribution in [0.5, 0.6) is 0 Å². The zero-order chi connectivity index (χ0) is 19.3. The van der Waals surface area contributed by atoms with Gasteiger partial charge in [0.1, 0.15) is 0 Å². The molecule has 1 saturated heterocycles. The normalized spacial score (nSPS) is 16.9. The van der Waals surface area contributed by atoms with E-state index in [1.54, 1.807) is 12.4 Å². The molecule has 6 nitrogen and oxygen atoms in total. The van der Waals surface area contributed by atoms with Crippen molar-refractivity contribution in [2.45, 2.75) is 11.3 Å². The lowest BCUT2D eigenvalue weighted by molar-refractivity contribution is -0.130. The molecule has 2 aliphatic heterocycles. The van der Waals surface area contributed by atoms with Crippen molar-refractivity contribution in [3.05, 3.63) is 54.4 Å². The van der Waals surface area contributed by atoms with Crippen molar-refractivity contribution < 1.29 is 9.59 Å². The standard InChI is InChI=1S/C21H24N4O2S/c26-20(25-10-7-17-3-1-2-4-19(17)25)15-23-11-13-24(14-12-23)21(27)16-28-18-5-8-22-9-6-18/h1-6,8-9H,7,10-16H2. The van der Waals surface area contributed by atoms with Crippen LogP contribution in [0.2, 0.25) is 0 Å². The number of para-hydroxylation sites is 1. The van der Waals surface area contributed by atoms with Crippen LogP contribution in [0.15, 0.2) is 53.7 Å². The first-order valence-corrected chi connectivity index (χ1v) is 10.6. The number of piperazine rings is 1. The third kappa shape index (κ3) is 4.36. The smallest absolute Gasteiger partial charge is 0.241 e. The van der Waals surface area contributed by atoms with E-state index in [1.165, 1.54) is 17.3 Å². The predicted molar refractivity (Wildman–Crippen MR) is 110 cm³/mol. The molecule has 0 N–H and O–H groups in total. The Balaban J connectivity index is 1.23. The van der Waals surface area contributed by atoms with Crippen molar-refractivity contribution in [3.8, 4) is 0 Å². The highest BCUT2D eigenvalue weighted by molar-refractivity contribution is 8.00. The van der Waals surface area contributed by atoms with E-state index in [2.05, 4.69) is 16.0 Å². The number of amides is 2. The molecule has 4 rings (SSSR count). The largest absolute Gasteiger partial charge is 0.339 e. The molecule has 1 fully saturated rings. The zero-order valence-corrected chi connectivity index (χ0v) is 16.6. The third-order valence-electron chi connectivity index (χ3n) is 5.28. The molecular formula is C21H24N4O2S. The van der Waals surface area contributed by atoms with E-state index in [0.717, 1.165) is 36.6 Å². The Morgan fingerprint density at radius 1 is 0.929 bits per heavy atom. The summed E-state index contributed by atoms with van der Waals surface area (Å²) in [5.41, 5.74) is 2.30. The van der Waals surface area contributed by atoms with Gasteiger partial charge in [0.15, 0.2) is 0 Å². The summed E-state index contributed by atoms with van der Waals surface area (Å²) in [6.45, 7) is 4.03. The van der Waals surface area contributed by atoms with Gasteiger partial charge in [-0.2, -0.15) is 0 Å². The minimum Gasteiger partial charge on any atom is -0.339 e. The Hall–Kier alpha value is -2.38. The summed E-state index contributed by atoms with van der Waals surface area (Å²) in [6, 6.07) is 12.0.